The van der Waals surface area contributed by atoms with Crippen molar-refractivity contribution in [3.05, 3.63) is 65.9 Å². The number of H-pyrrole nitrogens is 1. The third kappa shape index (κ3) is 7.01. The molecule has 2 amide bonds. The van der Waals surface area contributed by atoms with Gasteiger partial charge in [0.25, 0.3) is 0 Å². The first-order valence-electron chi connectivity index (χ1n) is 13.9. The number of amides is 2. The summed E-state index contributed by atoms with van der Waals surface area (Å²) in [4.78, 5) is 39.4. The molecule has 40 heavy (non-hydrogen) atoms. The van der Waals surface area contributed by atoms with Gasteiger partial charge in [0.15, 0.2) is 5.17 Å². The van der Waals surface area contributed by atoms with E-state index in [9.17, 15) is 9.59 Å². The van der Waals surface area contributed by atoms with Gasteiger partial charge in [-0.2, -0.15) is 5.10 Å². The fraction of sp³-hybridized carbons (Fsp3) is 0.414. The van der Waals surface area contributed by atoms with E-state index in [1.165, 1.54) is 0 Å². The molecule has 2 aliphatic heterocycles. The van der Waals surface area contributed by atoms with E-state index in [0.29, 0.717) is 19.4 Å². The minimum absolute atomic E-state index is 0.00396. The average Bonchev–Trinajstić information content (AvgIpc) is 3.77. The molecule has 3 N–H and O–H groups in total. The third-order valence-electron chi connectivity index (χ3n) is 7.22. The highest BCUT2D eigenvalue weighted by atomic mass is 32.2. The lowest BCUT2D eigenvalue weighted by Crippen LogP contribution is -2.34. The summed E-state index contributed by atoms with van der Waals surface area (Å²) in [6, 6.07) is 10.1. The standard InChI is InChI=1S/C29H36N8O2S/c1-30-26(38)8-4-2-3-7-22(18-32-27(39)17-24-20-40-29-31-13-5-15-36(24)29)28-33-19-25(35-28)21-9-11-23(12-10-21)37-16-6-14-34-37/h6,9-12,14,16,19-20,22H,2-5,7-8,13,15,17-18H2,1H3,(H,30,38)(H,32,39)(H,33,35). The second-order valence-electron chi connectivity index (χ2n) is 10.0. The van der Waals surface area contributed by atoms with Crippen LogP contribution in [-0.4, -0.2) is 68.3 Å². The number of thioether (sulfide) groups is 1. The van der Waals surface area contributed by atoms with Crippen molar-refractivity contribution in [3.63, 3.8) is 0 Å². The molecule has 0 bridgehead atoms. The van der Waals surface area contributed by atoms with Gasteiger partial charge < -0.3 is 20.5 Å². The van der Waals surface area contributed by atoms with E-state index in [0.717, 1.165) is 78.8 Å². The van der Waals surface area contributed by atoms with Gasteiger partial charge in [-0.25, -0.2) is 9.67 Å². The third-order valence-corrected chi connectivity index (χ3v) is 8.17. The van der Waals surface area contributed by atoms with Gasteiger partial charge in [-0.15, -0.1) is 0 Å². The second kappa shape index (κ2) is 13.5. The topological polar surface area (TPSA) is 120 Å². The Bertz CT molecular complexity index is 1350. The fourth-order valence-electron chi connectivity index (χ4n) is 4.96. The molecule has 0 spiro atoms. The van der Waals surface area contributed by atoms with E-state index >= 15 is 0 Å². The molecule has 1 unspecified atom stereocenters. The van der Waals surface area contributed by atoms with Gasteiger partial charge in [-0.05, 0) is 48.4 Å². The number of unbranched alkanes of at least 4 members (excludes halogenated alkanes) is 2. The summed E-state index contributed by atoms with van der Waals surface area (Å²) in [5.74, 6) is 0.975. The number of hydrogen-bond acceptors (Lipinski definition) is 7. The number of carbonyl (C=O) groups is 2. The van der Waals surface area contributed by atoms with Crippen molar-refractivity contribution in [3.8, 4) is 16.9 Å². The molecule has 0 fully saturated rings. The quantitative estimate of drug-likeness (QED) is 0.270. The van der Waals surface area contributed by atoms with Crippen LogP contribution in [0.1, 0.15) is 56.7 Å². The van der Waals surface area contributed by atoms with Crippen molar-refractivity contribution in [1.29, 1.82) is 0 Å². The van der Waals surface area contributed by atoms with E-state index in [2.05, 4.69) is 42.7 Å². The number of nitrogens with zero attached hydrogens (tertiary/aromatic N) is 5. The van der Waals surface area contributed by atoms with Crippen LogP contribution in [0.4, 0.5) is 0 Å². The molecule has 0 aliphatic carbocycles. The van der Waals surface area contributed by atoms with Gasteiger partial charge in [0.1, 0.15) is 5.82 Å². The van der Waals surface area contributed by atoms with Crippen LogP contribution in [-0.2, 0) is 9.59 Å². The lowest BCUT2D eigenvalue weighted by atomic mass is 9.99. The Kier molecular flexibility index (Phi) is 9.33. The SMILES string of the molecule is CNC(=O)CCCCCC(CNC(=O)CC1=CSC2=NCCCN12)c1ncc(-c2ccc(-n3cccn3)cc2)[nH]1. The molecule has 210 valence electrons. The van der Waals surface area contributed by atoms with Crippen LogP contribution in [0.15, 0.2) is 65.0 Å². The van der Waals surface area contributed by atoms with Crippen molar-refractivity contribution in [2.45, 2.75) is 50.9 Å². The number of imidazole rings is 1. The predicted molar refractivity (Wildman–Crippen MR) is 158 cm³/mol. The van der Waals surface area contributed by atoms with Crippen molar-refractivity contribution < 1.29 is 9.59 Å². The molecule has 10 nitrogen and oxygen atoms in total. The van der Waals surface area contributed by atoms with Gasteiger partial charge in [-0.1, -0.05) is 36.7 Å². The number of rotatable bonds is 13. The number of aromatic nitrogens is 4. The van der Waals surface area contributed by atoms with Crippen LogP contribution in [0, 0.1) is 0 Å². The van der Waals surface area contributed by atoms with Crippen LogP contribution >= 0.6 is 11.8 Å². The molecular weight excluding hydrogens is 524 g/mol. The lowest BCUT2D eigenvalue weighted by molar-refractivity contribution is -0.121. The minimum atomic E-state index is 0.00396. The zero-order valence-corrected chi connectivity index (χ0v) is 23.6. The molecule has 0 saturated carbocycles. The molecule has 1 aromatic carbocycles. The van der Waals surface area contributed by atoms with Crippen molar-refractivity contribution in [1.82, 2.24) is 35.3 Å². The molecule has 11 heteroatoms. The smallest absolute Gasteiger partial charge is 0.225 e. The van der Waals surface area contributed by atoms with Gasteiger partial charge in [-0.3, -0.25) is 14.6 Å². The highest BCUT2D eigenvalue weighted by molar-refractivity contribution is 8.16. The summed E-state index contributed by atoms with van der Waals surface area (Å²) >= 11 is 1.60. The number of aliphatic imine (C=N–C) groups is 1. The first-order valence-corrected chi connectivity index (χ1v) is 14.8. The zero-order valence-electron chi connectivity index (χ0n) is 22.8. The number of benzene rings is 1. The lowest BCUT2D eigenvalue weighted by Gasteiger charge is -2.25. The molecule has 3 aromatic rings. The Labute approximate surface area is 238 Å². The summed E-state index contributed by atoms with van der Waals surface area (Å²) in [5, 5.41) is 13.2. The van der Waals surface area contributed by atoms with Gasteiger partial charge in [0, 0.05) is 57.1 Å². The van der Waals surface area contributed by atoms with E-state index < -0.39 is 0 Å². The van der Waals surface area contributed by atoms with E-state index in [4.69, 9.17) is 4.98 Å². The largest absolute Gasteiger partial charge is 0.359 e. The number of carbonyl (C=O) groups excluding carboxylic acids is 2. The van der Waals surface area contributed by atoms with Crippen LogP contribution in [0.5, 0.6) is 0 Å². The number of hydrogen-bond donors (Lipinski definition) is 3. The Morgan fingerprint density at radius 2 is 2.02 bits per heavy atom. The maximum absolute atomic E-state index is 12.9. The first-order chi connectivity index (χ1) is 19.6. The number of nitrogens with one attached hydrogen (secondary N) is 3. The molecule has 2 aliphatic rings. The Hall–Kier alpha value is -3.86. The Balaban J connectivity index is 1.21. The van der Waals surface area contributed by atoms with Crippen molar-refractivity contribution in [2.75, 3.05) is 26.7 Å². The molecule has 4 heterocycles. The van der Waals surface area contributed by atoms with Gasteiger partial charge in [0.2, 0.25) is 11.8 Å². The monoisotopic (exact) mass is 560 g/mol. The number of aromatic amines is 1. The van der Waals surface area contributed by atoms with E-state index in [-0.39, 0.29) is 17.7 Å². The van der Waals surface area contributed by atoms with Crippen molar-refractivity contribution in [2.24, 2.45) is 4.99 Å². The molecule has 0 saturated heterocycles. The summed E-state index contributed by atoms with van der Waals surface area (Å²) in [6.45, 7) is 2.28. The number of amidine groups is 1. The summed E-state index contributed by atoms with van der Waals surface area (Å²) in [5.41, 5.74) is 3.98. The summed E-state index contributed by atoms with van der Waals surface area (Å²) in [6.07, 6.45) is 11.0. The highest BCUT2D eigenvalue weighted by Crippen LogP contribution is 2.30. The highest BCUT2D eigenvalue weighted by Gasteiger charge is 2.26. The van der Waals surface area contributed by atoms with Crippen LogP contribution in [0.3, 0.4) is 0 Å². The van der Waals surface area contributed by atoms with E-state index in [1.54, 1.807) is 25.0 Å². The minimum Gasteiger partial charge on any atom is -0.359 e. The summed E-state index contributed by atoms with van der Waals surface area (Å²) < 4.78 is 1.82. The maximum atomic E-state index is 12.9. The van der Waals surface area contributed by atoms with Crippen molar-refractivity contribution >= 4 is 28.7 Å². The molecule has 0 radical (unpaired) electrons. The van der Waals surface area contributed by atoms with Crippen LogP contribution in [0.2, 0.25) is 0 Å². The second-order valence-corrected chi connectivity index (χ2v) is 10.9. The first kappa shape index (κ1) is 27.7. The van der Waals surface area contributed by atoms with Gasteiger partial charge >= 0.3 is 0 Å². The normalized spacial score (nSPS) is 15.3. The van der Waals surface area contributed by atoms with E-state index in [1.807, 2.05) is 40.7 Å². The number of fused-ring (bicyclic) bond motifs is 1. The molecule has 5 rings (SSSR count). The van der Waals surface area contributed by atoms with Gasteiger partial charge in [0.05, 0.1) is 24.0 Å². The maximum Gasteiger partial charge on any atom is 0.225 e. The predicted octanol–water partition coefficient (Wildman–Crippen LogP) is 4.20. The molecular formula is C29H36N8O2S. The summed E-state index contributed by atoms with van der Waals surface area (Å²) in [7, 11) is 1.67. The molecule has 2 aromatic heterocycles. The molecule has 1 atom stereocenters. The zero-order chi connectivity index (χ0) is 27.7. The average molecular weight is 561 g/mol. The van der Waals surface area contributed by atoms with Crippen LogP contribution in [0.25, 0.3) is 16.9 Å². The van der Waals surface area contributed by atoms with Crippen LogP contribution < -0.4 is 10.6 Å². The Morgan fingerprint density at radius 1 is 1.15 bits per heavy atom. The Morgan fingerprint density at radius 3 is 2.83 bits per heavy atom. The fourth-order valence-corrected chi connectivity index (χ4v) is 5.91.